The maximum Gasteiger partial charge on any atom is 0.252 e. The predicted molar refractivity (Wildman–Crippen MR) is 97.2 cm³/mol. The second-order valence-corrected chi connectivity index (χ2v) is 6.76. The van der Waals surface area contributed by atoms with Crippen molar-refractivity contribution in [2.45, 2.75) is 19.4 Å². The third kappa shape index (κ3) is 3.24. The van der Waals surface area contributed by atoms with Crippen LogP contribution in [0.2, 0.25) is 0 Å². The number of carbonyl (C=O) groups is 3. The number of anilines is 1. The van der Waals surface area contributed by atoms with E-state index in [0.717, 1.165) is 5.01 Å². The Morgan fingerprint density at radius 2 is 1.89 bits per heavy atom. The Hall–Kier alpha value is -3.56. The highest BCUT2D eigenvalue weighted by atomic mass is 16.2. The van der Waals surface area contributed by atoms with Gasteiger partial charge in [0.25, 0.3) is 17.7 Å². The predicted octanol–water partition coefficient (Wildman–Crippen LogP) is 0.418. The largest absolute Gasteiger partial charge is 0.345 e. The van der Waals surface area contributed by atoms with Gasteiger partial charge in [-0.25, -0.2) is 4.68 Å². The van der Waals surface area contributed by atoms with Crippen molar-refractivity contribution in [3.63, 3.8) is 0 Å². The van der Waals surface area contributed by atoms with E-state index in [1.54, 1.807) is 31.3 Å². The maximum absolute atomic E-state index is 12.5. The number of hydrogen-bond acceptors (Lipinski definition) is 7. The number of benzene rings is 1. The van der Waals surface area contributed by atoms with Gasteiger partial charge in [0, 0.05) is 12.6 Å². The fourth-order valence-electron chi connectivity index (χ4n) is 3.43. The molecule has 2 unspecified atom stereocenters. The Balaban J connectivity index is 1.44. The highest BCUT2D eigenvalue weighted by molar-refractivity contribution is 6.06. The Morgan fingerprint density at radius 3 is 2.54 bits per heavy atom. The number of nitrogens with zero attached hydrogens (tertiary/aromatic N) is 5. The monoisotopic (exact) mass is 381 g/mol. The SMILES string of the molecule is Cn1nnnc1CNC(=O)c1cccc(NN2C(=O)C3CC=CCC3C2=O)c1. The quantitative estimate of drug-likeness (QED) is 0.568. The average molecular weight is 381 g/mol. The molecule has 0 saturated carbocycles. The lowest BCUT2D eigenvalue weighted by molar-refractivity contribution is -0.138. The van der Waals surface area contributed by atoms with Gasteiger partial charge in [0.2, 0.25) is 0 Å². The van der Waals surface area contributed by atoms with Crippen LogP contribution in [-0.4, -0.2) is 42.9 Å². The first-order chi connectivity index (χ1) is 13.5. The molecule has 1 aliphatic heterocycles. The number of imide groups is 1. The lowest BCUT2D eigenvalue weighted by Crippen LogP contribution is -2.36. The van der Waals surface area contributed by atoms with E-state index in [1.165, 1.54) is 4.68 Å². The summed E-state index contributed by atoms with van der Waals surface area (Å²) in [5.41, 5.74) is 3.74. The molecule has 1 aromatic carbocycles. The van der Waals surface area contributed by atoms with Gasteiger partial charge in [-0.2, -0.15) is 5.01 Å². The molecule has 144 valence electrons. The molecule has 10 nitrogen and oxygen atoms in total. The summed E-state index contributed by atoms with van der Waals surface area (Å²) in [6.45, 7) is 0.180. The third-order valence-corrected chi connectivity index (χ3v) is 4.99. The smallest absolute Gasteiger partial charge is 0.252 e. The van der Waals surface area contributed by atoms with E-state index in [0.29, 0.717) is 29.9 Å². The maximum atomic E-state index is 12.5. The third-order valence-electron chi connectivity index (χ3n) is 4.99. The number of fused-ring (bicyclic) bond motifs is 1. The average Bonchev–Trinajstić information content (AvgIpc) is 3.23. The van der Waals surface area contributed by atoms with Crippen molar-refractivity contribution in [1.29, 1.82) is 0 Å². The van der Waals surface area contributed by atoms with Crippen LogP contribution in [0.1, 0.15) is 29.0 Å². The zero-order valence-electron chi connectivity index (χ0n) is 15.2. The van der Waals surface area contributed by atoms with Crippen LogP contribution in [0.4, 0.5) is 5.69 Å². The van der Waals surface area contributed by atoms with Crippen molar-refractivity contribution in [3.05, 3.63) is 47.8 Å². The Labute approximate surface area is 160 Å². The minimum absolute atomic E-state index is 0.180. The molecule has 4 rings (SSSR count). The van der Waals surface area contributed by atoms with Gasteiger partial charge in [-0.05, 0) is 41.5 Å². The fourth-order valence-corrected chi connectivity index (χ4v) is 3.43. The first-order valence-electron chi connectivity index (χ1n) is 8.93. The standard InChI is InChI=1S/C18H19N7O3/c1-24-15(20-22-23-24)10-19-16(26)11-5-4-6-12(9-11)21-25-17(27)13-7-2-3-8-14(13)18(25)28/h2-6,9,13-14,21H,7-8,10H2,1H3,(H,19,26). The van der Waals surface area contributed by atoms with Crippen LogP contribution in [0.5, 0.6) is 0 Å². The molecule has 1 saturated heterocycles. The molecule has 3 amide bonds. The molecule has 0 bridgehead atoms. The van der Waals surface area contributed by atoms with Crippen LogP contribution in [0.3, 0.4) is 0 Å². The molecule has 2 atom stereocenters. The number of hydrogen-bond donors (Lipinski definition) is 2. The molecule has 0 spiro atoms. The molecular formula is C18H19N7O3. The van der Waals surface area contributed by atoms with E-state index in [4.69, 9.17) is 0 Å². The zero-order valence-corrected chi connectivity index (χ0v) is 15.2. The van der Waals surface area contributed by atoms with E-state index in [-0.39, 0.29) is 36.1 Å². The zero-order chi connectivity index (χ0) is 19.7. The van der Waals surface area contributed by atoms with Crippen LogP contribution < -0.4 is 10.7 Å². The number of amides is 3. The summed E-state index contributed by atoms with van der Waals surface area (Å²) < 4.78 is 1.47. The summed E-state index contributed by atoms with van der Waals surface area (Å²) in [6.07, 6.45) is 5.03. The Bertz CT molecular complexity index is 942. The van der Waals surface area contributed by atoms with Gasteiger partial charge in [-0.1, -0.05) is 18.2 Å². The lowest BCUT2D eigenvalue weighted by atomic mass is 9.85. The highest BCUT2D eigenvalue weighted by Crippen LogP contribution is 2.35. The van der Waals surface area contributed by atoms with Crippen molar-refractivity contribution < 1.29 is 14.4 Å². The number of aromatic nitrogens is 4. The molecule has 2 aliphatic rings. The van der Waals surface area contributed by atoms with Crippen molar-refractivity contribution in [2.75, 3.05) is 5.43 Å². The van der Waals surface area contributed by atoms with Crippen LogP contribution in [0, 0.1) is 11.8 Å². The molecule has 0 radical (unpaired) electrons. The Morgan fingerprint density at radius 1 is 1.18 bits per heavy atom. The van der Waals surface area contributed by atoms with E-state index in [1.807, 2.05) is 12.2 Å². The summed E-state index contributed by atoms with van der Waals surface area (Å²) in [5, 5.41) is 14.8. The van der Waals surface area contributed by atoms with Crippen molar-refractivity contribution in [2.24, 2.45) is 18.9 Å². The number of tetrazole rings is 1. The first kappa shape index (κ1) is 17.8. The summed E-state index contributed by atoms with van der Waals surface area (Å²) in [4.78, 5) is 37.5. The number of nitrogens with one attached hydrogen (secondary N) is 2. The van der Waals surface area contributed by atoms with E-state index in [2.05, 4.69) is 26.3 Å². The van der Waals surface area contributed by atoms with Crippen LogP contribution in [0.25, 0.3) is 0 Å². The minimum Gasteiger partial charge on any atom is -0.345 e. The number of allylic oxidation sites excluding steroid dienone is 2. The van der Waals surface area contributed by atoms with Crippen LogP contribution >= 0.6 is 0 Å². The topological polar surface area (TPSA) is 122 Å². The molecule has 2 heterocycles. The van der Waals surface area contributed by atoms with Gasteiger partial charge in [0.05, 0.1) is 24.1 Å². The number of aryl methyl sites for hydroxylation is 1. The Kier molecular flexibility index (Phi) is 4.60. The van der Waals surface area contributed by atoms with Gasteiger partial charge >= 0.3 is 0 Å². The fraction of sp³-hybridized carbons (Fsp3) is 0.333. The molecule has 28 heavy (non-hydrogen) atoms. The van der Waals surface area contributed by atoms with Crippen LogP contribution in [-0.2, 0) is 23.2 Å². The molecule has 1 fully saturated rings. The van der Waals surface area contributed by atoms with Crippen molar-refractivity contribution >= 4 is 23.4 Å². The van der Waals surface area contributed by atoms with Crippen molar-refractivity contribution in [1.82, 2.24) is 30.5 Å². The minimum atomic E-state index is -0.316. The number of rotatable bonds is 5. The summed E-state index contributed by atoms with van der Waals surface area (Å²) in [7, 11) is 1.68. The molecule has 10 heteroatoms. The second kappa shape index (κ2) is 7.22. The van der Waals surface area contributed by atoms with Crippen molar-refractivity contribution in [3.8, 4) is 0 Å². The van der Waals surface area contributed by atoms with Crippen LogP contribution in [0.15, 0.2) is 36.4 Å². The highest BCUT2D eigenvalue weighted by Gasteiger charge is 2.47. The van der Waals surface area contributed by atoms with E-state index < -0.39 is 0 Å². The van der Waals surface area contributed by atoms with E-state index >= 15 is 0 Å². The molecule has 1 aliphatic carbocycles. The van der Waals surface area contributed by atoms with Gasteiger partial charge in [0.1, 0.15) is 0 Å². The number of carbonyl (C=O) groups excluding carboxylic acids is 3. The van der Waals surface area contributed by atoms with Gasteiger partial charge in [-0.15, -0.1) is 5.10 Å². The van der Waals surface area contributed by atoms with Gasteiger partial charge in [-0.3, -0.25) is 19.8 Å². The summed E-state index contributed by atoms with van der Waals surface area (Å²) >= 11 is 0. The summed E-state index contributed by atoms with van der Waals surface area (Å²) in [6, 6.07) is 6.61. The molecule has 1 aromatic heterocycles. The summed E-state index contributed by atoms with van der Waals surface area (Å²) in [5.74, 6) is -0.878. The van der Waals surface area contributed by atoms with E-state index in [9.17, 15) is 14.4 Å². The van der Waals surface area contributed by atoms with Gasteiger partial charge in [0.15, 0.2) is 5.82 Å². The number of hydrazine groups is 1. The second-order valence-electron chi connectivity index (χ2n) is 6.76. The molecule has 2 aromatic rings. The van der Waals surface area contributed by atoms with Gasteiger partial charge < -0.3 is 5.32 Å². The molecular weight excluding hydrogens is 362 g/mol. The first-order valence-corrected chi connectivity index (χ1v) is 8.93. The lowest BCUT2D eigenvalue weighted by Gasteiger charge is -2.17. The normalized spacial score (nSPS) is 21.0. The molecule has 2 N–H and O–H groups in total.